The Morgan fingerprint density at radius 1 is 1.09 bits per heavy atom. The normalized spacial score (nSPS) is 11.2. The lowest BCUT2D eigenvalue weighted by Gasteiger charge is -2.06. The number of hydrogen-bond donors (Lipinski definition) is 2. The van der Waals surface area contributed by atoms with E-state index in [1.807, 2.05) is 0 Å². The molecule has 0 spiro atoms. The molecule has 0 saturated carbocycles. The minimum atomic E-state index is -0.774. The van der Waals surface area contributed by atoms with Crippen molar-refractivity contribution >= 4 is 34.4 Å². The third-order valence-electron chi connectivity index (χ3n) is 4.61. The van der Waals surface area contributed by atoms with E-state index in [0.29, 0.717) is 10.3 Å². The smallest absolute Gasteiger partial charge is 0.271 e. The molecule has 0 aliphatic carbocycles. The second kappa shape index (κ2) is 8.26. The minimum Gasteiger partial charge on any atom is -0.426 e. The van der Waals surface area contributed by atoms with Crippen LogP contribution >= 0.6 is 0 Å². The Labute approximate surface area is 179 Å². The summed E-state index contributed by atoms with van der Waals surface area (Å²) in [6, 6.07) is 13.1. The monoisotopic (exact) mass is 436 g/mol. The van der Waals surface area contributed by atoms with Gasteiger partial charge in [-0.2, -0.15) is 4.73 Å². The van der Waals surface area contributed by atoms with Crippen molar-refractivity contribution in [3.05, 3.63) is 94.1 Å². The van der Waals surface area contributed by atoms with Gasteiger partial charge in [-0.15, -0.1) is 0 Å². The van der Waals surface area contributed by atoms with Crippen LogP contribution in [0.4, 0.5) is 20.2 Å². The van der Waals surface area contributed by atoms with Crippen molar-refractivity contribution in [1.29, 1.82) is 0 Å². The van der Waals surface area contributed by atoms with Crippen LogP contribution in [0.15, 0.2) is 66.7 Å². The lowest BCUT2D eigenvalue weighted by Crippen LogP contribution is -2.09. The molecule has 0 aliphatic heterocycles. The zero-order chi connectivity index (χ0) is 22.8. The molecule has 1 aromatic heterocycles. The van der Waals surface area contributed by atoms with Crippen LogP contribution in [-0.2, 0) is 4.79 Å². The highest BCUT2D eigenvalue weighted by molar-refractivity contribution is 6.02. The van der Waals surface area contributed by atoms with E-state index in [-0.39, 0.29) is 33.8 Å². The molecular formula is C22H14F2N4O4. The molecule has 160 valence electrons. The highest BCUT2D eigenvalue weighted by atomic mass is 19.1. The van der Waals surface area contributed by atoms with Crippen LogP contribution in [0.3, 0.4) is 0 Å². The van der Waals surface area contributed by atoms with E-state index in [4.69, 9.17) is 0 Å². The summed E-state index contributed by atoms with van der Waals surface area (Å²) in [5, 5.41) is 23.7. The number of rotatable bonds is 5. The van der Waals surface area contributed by atoms with Crippen LogP contribution in [-0.4, -0.2) is 25.8 Å². The first-order chi connectivity index (χ1) is 15.3. The number of non-ortho nitro benzene ring substituents is 1. The van der Waals surface area contributed by atoms with Gasteiger partial charge in [-0.1, -0.05) is 12.1 Å². The van der Waals surface area contributed by atoms with Crippen molar-refractivity contribution in [2.75, 3.05) is 5.32 Å². The lowest BCUT2D eigenvalue weighted by molar-refractivity contribution is -0.384. The molecule has 0 aliphatic rings. The summed E-state index contributed by atoms with van der Waals surface area (Å²) in [5.74, 6) is -1.79. The highest BCUT2D eigenvalue weighted by Crippen LogP contribution is 2.28. The number of carbonyl (C=O) groups excluding carboxylic acids is 1. The molecule has 32 heavy (non-hydrogen) atoms. The Kier molecular flexibility index (Phi) is 5.34. The third-order valence-corrected chi connectivity index (χ3v) is 4.61. The van der Waals surface area contributed by atoms with Gasteiger partial charge in [-0.3, -0.25) is 14.9 Å². The maximum absolute atomic E-state index is 14.6. The molecule has 1 amide bonds. The molecule has 3 aromatic carbocycles. The molecule has 10 heteroatoms. The second-order valence-corrected chi connectivity index (χ2v) is 6.75. The molecule has 0 radical (unpaired) electrons. The SMILES string of the molecule is O=C(/C=C/c1ccc(F)cc1)Nc1ccc(-c2nc3ccc([N+](=O)[O-])cc3n2O)cc1F. The van der Waals surface area contributed by atoms with Crippen molar-refractivity contribution in [3.63, 3.8) is 0 Å². The first-order valence-corrected chi connectivity index (χ1v) is 9.22. The van der Waals surface area contributed by atoms with Crippen LogP contribution in [0.25, 0.3) is 28.5 Å². The fourth-order valence-corrected chi connectivity index (χ4v) is 3.03. The van der Waals surface area contributed by atoms with Gasteiger partial charge in [-0.05, 0) is 48.0 Å². The second-order valence-electron chi connectivity index (χ2n) is 6.75. The van der Waals surface area contributed by atoms with Crippen molar-refractivity contribution < 1.29 is 23.7 Å². The number of amides is 1. The molecule has 0 atom stereocenters. The first-order valence-electron chi connectivity index (χ1n) is 9.22. The van der Waals surface area contributed by atoms with Gasteiger partial charge in [0.2, 0.25) is 5.91 Å². The Morgan fingerprint density at radius 2 is 1.84 bits per heavy atom. The summed E-state index contributed by atoms with van der Waals surface area (Å²) in [6.07, 6.45) is 2.63. The Bertz CT molecular complexity index is 1380. The number of fused-ring (bicyclic) bond motifs is 1. The van der Waals surface area contributed by atoms with Gasteiger partial charge in [0, 0.05) is 23.8 Å². The molecule has 0 saturated heterocycles. The summed E-state index contributed by atoms with van der Waals surface area (Å²) in [7, 11) is 0. The summed E-state index contributed by atoms with van der Waals surface area (Å²) < 4.78 is 28.1. The van der Waals surface area contributed by atoms with E-state index in [1.165, 1.54) is 60.7 Å². The van der Waals surface area contributed by atoms with Crippen LogP contribution in [0.2, 0.25) is 0 Å². The number of carbonyl (C=O) groups is 1. The van der Waals surface area contributed by atoms with Gasteiger partial charge < -0.3 is 10.5 Å². The number of aromatic nitrogens is 2. The molecule has 4 aromatic rings. The number of nitrogens with one attached hydrogen (secondary N) is 1. The summed E-state index contributed by atoms with van der Waals surface area (Å²) in [5.41, 5.74) is 0.855. The largest absolute Gasteiger partial charge is 0.426 e. The Balaban J connectivity index is 1.55. The molecule has 4 rings (SSSR count). The van der Waals surface area contributed by atoms with E-state index in [0.717, 1.165) is 12.1 Å². The number of anilines is 1. The van der Waals surface area contributed by atoms with Gasteiger partial charge in [0.25, 0.3) is 5.69 Å². The van der Waals surface area contributed by atoms with E-state index in [9.17, 15) is 28.9 Å². The first kappa shape index (κ1) is 20.7. The molecule has 0 fully saturated rings. The Hall–Kier alpha value is -4.60. The maximum Gasteiger partial charge on any atom is 0.271 e. The molecular weight excluding hydrogens is 422 g/mol. The molecule has 8 nitrogen and oxygen atoms in total. The van der Waals surface area contributed by atoms with E-state index < -0.39 is 22.5 Å². The zero-order valence-electron chi connectivity index (χ0n) is 16.2. The van der Waals surface area contributed by atoms with Crippen molar-refractivity contribution in [1.82, 2.24) is 9.71 Å². The fraction of sp³-hybridized carbons (Fsp3) is 0. The van der Waals surface area contributed by atoms with Gasteiger partial charge in [0.05, 0.1) is 16.1 Å². The fourth-order valence-electron chi connectivity index (χ4n) is 3.03. The summed E-state index contributed by atoms with van der Waals surface area (Å²) in [4.78, 5) is 26.6. The van der Waals surface area contributed by atoms with Gasteiger partial charge in [0.15, 0.2) is 5.82 Å². The molecule has 0 bridgehead atoms. The Morgan fingerprint density at radius 3 is 2.53 bits per heavy atom. The van der Waals surface area contributed by atoms with Crippen molar-refractivity contribution in [2.24, 2.45) is 0 Å². The summed E-state index contributed by atoms with van der Waals surface area (Å²) in [6.45, 7) is 0. The van der Waals surface area contributed by atoms with E-state index in [2.05, 4.69) is 10.3 Å². The zero-order valence-corrected chi connectivity index (χ0v) is 16.2. The predicted molar refractivity (Wildman–Crippen MR) is 113 cm³/mol. The minimum absolute atomic E-state index is 0.0199. The average Bonchev–Trinajstić information content (AvgIpc) is 3.10. The lowest BCUT2D eigenvalue weighted by atomic mass is 10.2. The van der Waals surface area contributed by atoms with Crippen LogP contribution < -0.4 is 5.32 Å². The standard InChI is InChI=1S/C22H14F2N4O4/c23-15-5-1-13(2-6-15)3-10-21(29)25-18-8-4-14(11-17(18)24)22-26-19-9-7-16(28(31)32)12-20(19)27(22)30/h1-12,30H,(H,25,29)/b10-3+. The number of benzene rings is 3. The van der Waals surface area contributed by atoms with Crippen LogP contribution in [0.5, 0.6) is 0 Å². The summed E-state index contributed by atoms with van der Waals surface area (Å²) >= 11 is 0. The number of nitrogens with zero attached hydrogens (tertiary/aromatic N) is 3. The highest BCUT2D eigenvalue weighted by Gasteiger charge is 2.17. The number of imidazole rings is 1. The number of hydrogen-bond acceptors (Lipinski definition) is 5. The maximum atomic E-state index is 14.6. The van der Waals surface area contributed by atoms with Gasteiger partial charge in [0.1, 0.15) is 17.2 Å². The quantitative estimate of drug-likeness (QED) is 0.203. The molecule has 1 heterocycles. The third kappa shape index (κ3) is 4.15. The van der Waals surface area contributed by atoms with Crippen LogP contribution in [0.1, 0.15) is 5.56 Å². The van der Waals surface area contributed by atoms with Crippen molar-refractivity contribution in [2.45, 2.75) is 0 Å². The predicted octanol–water partition coefficient (Wildman–Crippen LogP) is 4.78. The molecule has 2 N–H and O–H groups in total. The average molecular weight is 436 g/mol. The topological polar surface area (TPSA) is 110 Å². The number of nitro groups is 1. The van der Waals surface area contributed by atoms with Crippen LogP contribution in [0, 0.1) is 21.7 Å². The van der Waals surface area contributed by atoms with Gasteiger partial charge >= 0.3 is 0 Å². The van der Waals surface area contributed by atoms with Gasteiger partial charge in [-0.25, -0.2) is 13.8 Å². The number of nitro benzene ring substituents is 1. The van der Waals surface area contributed by atoms with E-state index >= 15 is 0 Å². The van der Waals surface area contributed by atoms with Crippen molar-refractivity contribution in [3.8, 4) is 11.4 Å². The number of halogens is 2. The molecule has 0 unspecified atom stereocenters. The van der Waals surface area contributed by atoms with E-state index in [1.54, 1.807) is 0 Å².